The minimum Gasteiger partial charge on any atom is -0.348 e. The third-order valence-corrected chi connectivity index (χ3v) is 3.35. The molecule has 0 unspecified atom stereocenters. The third-order valence-electron chi connectivity index (χ3n) is 2.86. The summed E-state index contributed by atoms with van der Waals surface area (Å²) in [5.74, 6) is 1.06. The first-order valence-corrected chi connectivity index (χ1v) is 7.22. The van der Waals surface area contributed by atoms with E-state index in [1.165, 1.54) is 0 Å². The van der Waals surface area contributed by atoms with Crippen molar-refractivity contribution in [3.63, 3.8) is 0 Å². The quantitative estimate of drug-likeness (QED) is 0.823. The lowest BCUT2D eigenvalue weighted by Crippen LogP contribution is -2.34. The summed E-state index contributed by atoms with van der Waals surface area (Å²) >= 11 is 3.41. The lowest BCUT2D eigenvalue weighted by atomic mass is 10.2. The number of amides is 1. The van der Waals surface area contributed by atoms with Crippen molar-refractivity contribution in [2.45, 2.75) is 6.54 Å². The average molecular weight is 353 g/mol. The Morgan fingerprint density at radius 1 is 1.33 bits per heavy atom. The van der Waals surface area contributed by atoms with Gasteiger partial charge in [-0.1, -0.05) is 33.2 Å². The van der Waals surface area contributed by atoms with Crippen molar-refractivity contribution in [1.82, 2.24) is 19.9 Å². The molecule has 112 valence electrons. The van der Waals surface area contributed by atoms with Gasteiger partial charge in [0.05, 0.1) is 13.1 Å². The van der Waals surface area contributed by atoms with E-state index in [0.29, 0.717) is 24.8 Å². The van der Waals surface area contributed by atoms with E-state index in [0.717, 1.165) is 10.0 Å². The van der Waals surface area contributed by atoms with Gasteiger partial charge >= 0.3 is 0 Å². The molecule has 2 rings (SSSR count). The molecule has 0 spiro atoms. The first-order valence-electron chi connectivity index (χ1n) is 6.43. The lowest BCUT2D eigenvalue weighted by Gasteiger charge is -2.16. The summed E-state index contributed by atoms with van der Waals surface area (Å²) in [6.45, 7) is 0.738. The van der Waals surface area contributed by atoms with Crippen molar-refractivity contribution in [2.24, 2.45) is 0 Å². The van der Waals surface area contributed by atoms with Crippen LogP contribution in [0.15, 0.2) is 33.3 Å². The summed E-state index contributed by atoms with van der Waals surface area (Å²) < 4.78 is 6.19. The number of aromatic nitrogens is 2. The fourth-order valence-corrected chi connectivity index (χ4v) is 2.12. The molecule has 0 N–H and O–H groups in total. The fourth-order valence-electron chi connectivity index (χ4n) is 1.72. The van der Waals surface area contributed by atoms with Crippen LogP contribution in [0.1, 0.15) is 5.89 Å². The molecular formula is C14H17BrN4O2. The molecule has 7 heteroatoms. The predicted molar refractivity (Wildman–Crippen MR) is 82.5 cm³/mol. The molecule has 0 aliphatic carbocycles. The third kappa shape index (κ3) is 4.37. The summed E-state index contributed by atoms with van der Waals surface area (Å²) in [4.78, 5) is 19.4. The monoisotopic (exact) mass is 352 g/mol. The second kappa shape index (κ2) is 6.82. The number of carbonyl (C=O) groups excluding carboxylic acids is 1. The van der Waals surface area contributed by atoms with Crippen molar-refractivity contribution < 1.29 is 9.32 Å². The highest BCUT2D eigenvalue weighted by Crippen LogP contribution is 2.20. The van der Waals surface area contributed by atoms with Crippen LogP contribution in [0.4, 0.5) is 0 Å². The Bertz CT molecular complexity index is 627. The maximum atomic E-state index is 11.6. The number of hydrogen-bond donors (Lipinski definition) is 0. The molecule has 0 bridgehead atoms. The van der Waals surface area contributed by atoms with E-state index in [4.69, 9.17) is 4.52 Å². The Kier molecular flexibility index (Phi) is 5.08. The summed E-state index contributed by atoms with van der Waals surface area (Å²) in [6.07, 6.45) is 0. The van der Waals surface area contributed by atoms with Gasteiger partial charge in [-0.2, -0.15) is 4.98 Å². The van der Waals surface area contributed by atoms with Gasteiger partial charge in [0.15, 0.2) is 0 Å². The van der Waals surface area contributed by atoms with Crippen LogP contribution in [0.5, 0.6) is 0 Å². The average Bonchev–Trinajstić information content (AvgIpc) is 2.86. The van der Waals surface area contributed by atoms with Gasteiger partial charge in [0, 0.05) is 24.1 Å². The number of nitrogens with zero attached hydrogens (tertiary/aromatic N) is 4. The largest absolute Gasteiger partial charge is 0.348 e. The normalized spacial score (nSPS) is 10.9. The van der Waals surface area contributed by atoms with Crippen molar-refractivity contribution in [3.8, 4) is 11.4 Å². The molecule has 1 heterocycles. The summed E-state index contributed by atoms with van der Waals surface area (Å²) in [6, 6.07) is 7.69. The van der Waals surface area contributed by atoms with E-state index in [9.17, 15) is 4.79 Å². The maximum absolute atomic E-state index is 11.6. The van der Waals surface area contributed by atoms with Gasteiger partial charge in [-0.25, -0.2) is 0 Å². The molecule has 0 aliphatic heterocycles. The minimum atomic E-state index is 0.0317. The first-order chi connectivity index (χ1) is 9.95. The lowest BCUT2D eigenvalue weighted by molar-refractivity contribution is -0.129. The topological polar surface area (TPSA) is 62.5 Å². The van der Waals surface area contributed by atoms with E-state index >= 15 is 0 Å². The van der Waals surface area contributed by atoms with Gasteiger partial charge < -0.3 is 9.42 Å². The number of rotatable bonds is 5. The first kappa shape index (κ1) is 15.7. The molecule has 0 saturated heterocycles. The fraction of sp³-hybridized carbons (Fsp3) is 0.357. The maximum Gasteiger partial charge on any atom is 0.241 e. The Labute approximate surface area is 131 Å². The van der Waals surface area contributed by atoms with Crippen LogP contribution in [-0.2, 0) is 11.3 Å². The number of hydrogen-bond acceptors (Lipinski definition) is 5. The Morgan fingerprint density at radius 3 is 2.76 bits per heavy atom. The highest BCUT2D eigenvalue weighted by molar-refractivity contribution is 9.10. The molecule has 0 radical (unpaired) electrons. The van der Waals surface area contributed by atoms with Crippen molar-refractivity contribution in [2.75, 3.05) is 27.7 Å². The van der Waals surface area contributed by atoms with Crippen molar-refractivity contribution >= 4 is 21.8 Å². The molecule has 21 heavy (non-hydrogen) atoms. The number of carbonyl (C=O) groups is 1. The molecule has 1 amide bonds. The van der Waals surface area contributed by atoms with Gasteiger partial charge in [-0.15, -0.1) is 0 Å². The highest BCUT2D eigenvalue weighted by Gasteiger charge is 2.13. The standard InChI is InChI=1S/C14H17BrN4O2/c1-18(2)13(20)9-19(3)8-12-16-14(17-21-12)10-5-4-6-11(15)7-10/h4-7H,8-9H2,1-3H3. The van der Waals surface area contributed by atoms with Crippen molar-refractivity contribution in [1.29, 1.82) is 0 Å². The van der Waals surface area contributed by atoms with Crippen LogP contribution in [-0.4, -0.2) is 53.5 Å². The molecule has 6 nitrogen and oxygen atoms in total. The highest BCUT2D eigenvalue weighted by atomic mass is 79.9. The second-order valence-electron chi connectivity index (χ2n) is 4.98. The number of benzene rings is 1. The molecule has 0 fully saturated rings. The number of halogens is 1. The van der Waals surface area contributed by atoms with Crippen LogP contribution in [0.25, 0.3) is 11.4 Å². The van der Waals surface area contributed by atoms with Crippen LogP contribution in [0.3, 0.4) is 0 Å². The second-order valence-corrected chi connectivity index (χ2v) is 5.90. The van der Waals surface area contributed by atoms with Crippen LogP contribution in [0.2, 0.25) is 0 Å². The van der Waals surface area contributed by atoms with Crippen LogP contribution >= 0.6 is 15.9 Å². The van der Waals surface area contributed by atoms with Gasteiger partial charge in [0.2, 0.25) is 17.6 Å². The van der Waals surface area contributed by atoms with E-state index in [1.54, 1.807) is 19.0 Å². The van der Waals surface area contributed by atoms with E-state index in [1.807, 2.05) is 36.2 Å². The SMILES string of the molecule is CN(CC(=O)N(C)C)Cc1nc(-c2cccc(Br)c2)no1. The zero-order valence-electron chi connectivity index (χ0n) is 12.2. The minimum absolute atomic E-state index is 0.0317. The molecule has 0 saturated carbocycles. The van der Waals surface area contributed by atoms with Crippen LogP contribution in [0, 0.1) is 0 Å². The van der Waals surface area contributed by atoms with E-state index < -0.39 is 0 Å². The summed E-state index contributed by atoms with van der Waals surface area (Å²) in [7, 11) is 5.30. The Morgan fingerprint density at radius 2 is 2.10 bits per heavy atom. The molecular weight excluding hydrogens is 336 g/mol. The predicted octanol–water partition coefficient (Wildman–Crippen LogP) is 2.02. The van der Waals surface area contributed by atoms with Gasteiger partial charge in [-0.05, 0) is 19.2 Å². The molecule has 2 aromatic rings. The van der Waals surface area contributed by atoms with Crippen LogP contribution < -0.4 is 0 Å². The Balaban J connectivity index is 2.02. The van der Waals surface area contributed by atoms with Gasteiger partial charge in [0.25, 0.3) is 0 Å². The van der Waals surface area contributed by atoms with E-state index in [2.05, 4.69) is 26.1 Å². The summed E-state index contributed by atoms with van der Waals surface area (Å²) in [5.41, 5.74) is 0.881. The number of likely N-dealkylation sites (N-methyl/N-ethyl adjacent to an activating group) is 2. The van der Waals surface area contributed by atoms with Gasteiger partial charge in [-0.3, -0.25) is 9.69 Å². The van der Waals surface area contributed by atoms with E-state index in [-0.39, 0.29) is 5.91 Å². The molecule has 0 aliphatic rings. The zero-order chi connectivity index (χ0) is 15.4. The molecule has 1 aromatic heterocycles. The molecule has 1 aromatic carbocycles. The zero-order valence-corrected chi connectivity index (χ0v) is 13.8. The smallest absolute Gasteiger partial charge is 0.241 e. The van der Waals surface area contributed by atoms with Crippen molar-refractivity contribution in [3.05, 3.63) is 34.6 Å². The van der Waals surface area contributed by atoms with Gasteiger partial charge in [0.1, 0.15) is 0 Å². The molecule has 0 atom stereocenters. The Hall–Kier alpha value is -1.73. The summed E-state index contributed by atoms with van der Waals surface area (Å²) in [5, 5.41) is 3.97.